The minimum absolute atomic E-state index is 0.148. The zero-order valence-corrected chi connectivity index (χ0v) is 27.8. The van der Waals surface area contributed by atoms with Crippen molar-refractivity contribution >= 4 is 17.8 Å². The summed E-state index contributed by atoms with van der Waals surface area (Å²) >= 11 is 0. The maximum absolute atomic E-state index is 12.4. The summed E-state index contributed by atoms with van der Waals surface area (Å²) in [5, 5.41) is 3.06. The van der Waals surface area contributed by atoms with E-state index >= 15 is 0 Å². The summed E-state index contributed by atoms with van der Waals surface area (Å²) in [6.07, 6.45) is 22.2. The van der Waals surface area contributed by atoms with Gasteiger partial charge in [-0.3, -0.25) is 14.4 Å². The Bertz CT molecular complexity index is 672. The maximum atomic E-state index is 12.4. The van der Waals surface area contributed by atoms with Crippen molar-refractivity contribution in [1.29, 1.82) is 0 Å². The summed E-state index contributed by atoms with van der Waals surface area (Å²) in [5.41, 5.74) is 11.5. The number of nitrogens with one attached hydrogen (secondary N) is 1. The van der Waals surface area contributed by atoms with Gasteiger partial charge in [0, 0.05) is 13.0 Å². The van der Waals surface area contributed by atoms with Gasteiger partial charge in [0.15, 0.2) is 0 Å². The zero-order valence-electron chi connectivity index (χ0n) is 27.8. The molecule has 0 rings (SSSR count). The van der Waals surface area contributed by atoms with Gasteiger partial charge < -0.3 is 26.3 Å². The number of carbonyl (C=O) groups excluding carboxylic acids is 3. The lowest BCUT2D eigenvalue weighted by Gasteiger charge is -2.28. The molecule has 0 aliphatic rings. The summed E-state index contributed by atoms with van der Waals surface area (Å²) < 4.78 is 11.5. The van der Waals surface area contributed by atoms with E-state index in [4.69, 9.17) is 20.9 Å². The fourth-order valence-electron chi connectivity index (χ4n) is 5.02. The standard InChI is InChI=1S/C34H67N3O5/c1-5-7-9-11-13-14-19-23-27-37-32(38)26-22-18-15-17-21-25-31(42-34(40)29(4)36)30(41-33(39)28(3)35)24-20-16-12-10-8-6-2/h28-31H,5-27,35-36H2,1-4H3,(H,37,38)/t28-,29+,30?,31?/m0/s1. The van der Waals surface area contributed by atoms with Gasteiger partial charge in [0.25, 0.3) is 0 Å². The van der Waals surface area contributed by atoms with Crippen LogP contribution in [-0.2, 0) is 23.9 Å². The van der Waals surface area contributed by atoms with Crippen LogP contribution in [0.3, 0.4) is 0 Å². The molecule has 0 aliphatic carbocycles. The number of carbonyl (C=O) groups is 3. The van der Waals surface area contributed by atoms with Gasteiger partial charge in [0.05, 0.1) is 0 Å². The van der Waals surface area contributed by atoms with E-state index in [2.05, 4.69) is 19.2 Å². The fourth-order valence-corrected chi connectivity index (χ4v) is 5.02. The molecule has 1 amide bonds. The average Bonchev–Trinajstić information content (AvgIpc) is 2.95. The topological polar surface area (TPSA) is 134 Å². The van der Waals surface area contributed by atoms with E-state index in [1.807, 2.05) is 0 Å². The highest BCUT2D eigenvalue weighted by molar-refractivity contribution is 5.76. The lowest BCUT2D eigenvalue weighted by atomic mass is 9.99. The third kappa shape index (κ3) is 23.8. The van der Waals surface area contributed by atoms with E-state index in [-0.39, 0.29) is 5.91 Å². The van der Waals surface area contributed by atoms with Crippen molar-refractivity contribution < 1.29 is 23.9 Å². The van der Waals surface area contributed by atoms with Crippen LogP contribution in [0.4, 0.5) is 0 Å². The molecular formula is C34H67N3O5. The van der Waals surface area contributed by atoms with Crippen LogP contribution in [0.1, 0.15) is 169 Å². The van der Waals surface area contributed by atoms with Crippen LogP contribution in [0.2, 0.25) is 0 Å². The summed E-state index contributed by atoms with van der Waals surface area (Å²) in [6, 6.07) is -1.48. The smallest absolute Gasteiger partial charge is 0.323 e. The number of hydrogen-bond donors (Lipinski definition) is 3. The van der Waals surface area contributed by atoms with E-state index in [0.717, 1.165) is 64.3 Å². The van der Waals surface area contributed by atoms with Crippen molar-refractivity contribution in [2.75, 3.05) is 6.54 Å². The van der Waals surface area contributed by atoms with Gasteiger partial charge >= 0.3 is 11.9 Å². The zero-order chi connectivity index (χ0) is 31.4. The van der Waals surface area contributed by atoms with Gasteiger partial charge in [-0.2, -0.15) is 0 Å². The van der Waals surface area contributed by atoms with Crippen LogP contribution in [-0.4, -0.2) is 48.7 Å². The Morgan fingerprint density at radius 3 is 1.31 bits per heavy atom. The SMILES string of the molecule is CCCCCCCCCCNC(=O)CCCCCCCC(OC(=O)[C@@H](C)N)C(CCCCCCCC)OC(=O)[C@H](C)N. The Morgan fingerprint density at radius 2 is 0.905 bits per heavy atom. The number of unbranched alkanes of at least 4 members (excludes halogenated alkanes) is 16. The number of esters is 2. The minimum atomic E-state index is -0.743. The van der Waals surface area contributed by atoms with Crippen molar-refractivity contribution in [1.82, 2.24) is 5.32 Å². The highest BCUT2D eigenvalue weighted by Gasteiger charge is 2.30. The molecule has 8 heteroatoms. The number of nitrogens with two attached hydrogens (primary N) is 2. The van der Waals surface area contributed by atoms with Crippen molar-refractivity contribution in [3.05, 3.63) is 0 Å². The Labute approximate surface area is 258 Å². The molecule has 0 saturated heterocycles. The largest absolute Gasteiger partial charge is 0.457 e. The van der Waals surface area contributed by atoms with E-state index in [0.29, 0.717) is 19.3 Å². The number of ether oxygens (including phenoxy) is 2. The molecule has 0 saturated carbocycles. The van der Waals surface area contributed by atoms with Gasteiger partial charge in [0.1, 0.15) is 24.3 Å². The molecule has 0 aromatic heterocycles. The molecule has 0 spiro atoms. The Morgan fingerprint density at radius 1 is 0.548 bits per heavy atom. The monoisotopic (exact) mass is 598 g/mol. The predicted octanol–water partition coefficient (Wildman–Crippen LogP) is 7.24. The first kappa shape index (κ1) is 40.3. The Kier molecular flexibility index (Phi) is 27.0. The molecular weight excluding hydrogens is 530 g/mol. The van der Waals surface area contributed by atoms with Crippen molar-refractivity contribution in [2.24, 2.45) is 11.5 Å². The van der Waals surface area contributed by atoms with E-state index < -0.39 is 36.2 Å². The molecule has 0 radical (unpaired) electrons. The van der Waals surface area contributed by atoms with Gasteiger partial charge in [-0.05, 0) is 52.4 Å². The minimum Gasteiger partial charge on any atom is -0.457 e. The van der Waals surface area contributed by atoms with Crippen molar-refractivity contribution in [3.63, 3.8) is 0 Å². The highest BCUT2D eigenvalue weighted by Crippen LogP contribution is 2.21. The van der Waals surface area contributed by atoms with Crippen LogP contribution in [0.25, 0.3) is 0 Å². The molecule has 248 valence electrons. The van der Waals surface area contributed by atoms with Crippen LogP contribution >= 0.6 is 0 Å². The second kappa shape index (κ2) is 28.1. The lowest BCUT2D eigenvalue weighted by Crippen LogP contribution is -2.42. The van der Waals surface area contributed by atoms with Crippen molar-refractivity contribution in [2.45, 2.75) is 193 Å². The second-order valence-corrected chi connectivity index (χ2v) is 12.2. The summed E-state index contributed by atoms with van der Waals surface area (Å²) in [4.78, 5) is 36.9. The van der Waals surface area contributed by atoms with Crippen molar-refractivity contribution in [3.8, 4) is 0 Å². The van der Waals surface area contributed by atoms with E-state index in [1.165, 1.54) is 64.2 Å². The van der Waals surface area contributed by atoms with E-state index in [1.54, 1.807) is 13.8 Å². The van der Waals surface area contributed by atoms with Crippen LogP contribution in [0.15, 0.2) is 0 Å². The molecule has 0 aromatic carbocycles. The summed E-state index contributed by atoms with van der Waals surface area (Å²) in [6.45, 7) is 8.41. The second-order valence-electron chi connectivity index (χ2n) is 12.2. The molecule has 0 fully saturated rings. The van der Waals surface area contributed by atoms with Gasteiger partial charge in [-0.25, -0.2) is 0 Å². The molecule has 0 aromatic rings. The fraction of sp³-hybridized carbons (Fsp3) is 0.912. The summed E-state index contributed by atoms with van der Waals surface area (Å²) in [7, 11) is 0. The van der Waals surface area contributed by atoms with Crippen LogP contribution in [0.5, 0.6) is 0 Å². The first-order chi connectivity index (χ1) is 20.2. The highest BCUT2D eigenvalue weighted by atomic mass is 16.6. The molecule has 5 N–H and O–H groups in total. The van der Waals surface area contributed by atoms with Gasteiger partial charge in [-0.15, -0.1) is 0 Å². The first-order valence-corrected chi connectivity index (χ1v) is 17.4. The van der Waals surface area contributed by atoms with Crippen LogP contribution < -0.4 is 16.8 Å². The Balaban J connectivity index is 4.45. The quantitative estimate of drug-likeness (QED) is 0.0611. The predicted molar refractivity (Wildman–Crippen MR) is 173 cm³/mol. The molecule has 0 bridgehead atoms. The molecule has 4 atom stereocenters. The number of hydrogen-bond acceptors (Lipinski definition) is 7. The summed E-state index contributed by atoms with van der Waals surface area (Å²) in [5.74, 6) is -0.814. The maximum Gasteiger partial charge on any atom is 0.323 e. The van der Waals surface area contributed by atoms with Gasteiger partial charge in [-0.1, -0.05) is 110 Å². The van der Waals surface area contributed by atoms with Crippen LogP contribution in [0, 0.1) is 0 Å². The number of rotatable bonds is 29. The molecule has 42 heavy (non-hydrogen) atoms. The number of amides is 1. The normalized spacial score (nSPS) is 14.1. The molecule has 0 heterocycles. The first-order valence-electron chi connectivity index (χ1n) is 17.4. The molecule has 2 unspecified atom stereocenters. The Hall–Kier alpha value is -1.67. The average molecular weight is 598 g/mol. The third-order valence-electron chi connectivity index (χ3n) is 7.78. The molecule has 0 aliphatic heterocycles. The third-order valence-corrected chi connectivity index (χ3v) is 7.78. The lowest BCUT2D eigenvalue weighted by molar-refractivity contribution is -0.170. The van der Waals surface area contributed by atoms with Gasteiger partial charge in [0.2, 0.25) is 5.91 Å². The van der Waals surface area contributed by atoms with E-state index in [9.17, 15) is 14.4 Å². The molecule has 8 nitrogen and oxygen atoms in total.